The summed E-state index contributed by atoms with van der Waals surface area (Å²) in [5.41, 5.74) is 1.21. The van der Waals surface area contributed by atoms with E-state index in [-0.39, 0.29) is 4.90 Å². The molecule has 0 atom stereocenters. The van der Waals surface area contributed by atoms with Gasteiger partial charge in [0.25, 0.3) is 10.0 Å². The molecule has 0 bridgehead atoms. The highest BCUT2D eigenvalue weighted by Crippen LogP contribution is 2.22. The van der Waals surface area contributed by atoms with E-state index < -0.39 is 10.0 Å². The zero-order valence-electron chi connectivity index (χ0n) is 12.0. The molecule has 0 amide bonds. The predicted octanol–water partition coefficient (Wildman–Crippen LogP) is 2.33. The Balaban J connectivity index is 1.85. The Morgan fingerprint density at radius 1 is 1.13 bits per heavy atom. The van der Waals surface area contributed by atoms with Crippen molar-refractivity contribution >= 4 is 27.3 Å². The lowest BCUT2D eigenvalue weighted by molar-refractivity contribution is 0.601. The van der Waals surface area contributed by atoms with Crippen LogP contribution in [0.3, 0.4) is 0 Å². The van der Waals surface area contributed by atoms with Gasteiger partial charge >= 0.3 is 0 Å². The molecule has 0 aliphatic heterocycles. The van der Waals surface area contributed by atoms with Crippen LogP contribution >= 0.6 is 11.6 Å². The largest absolute Gasteiger partial charge is 0.280 e. The summed E-state index contributed by atoms with van der Waals surface area (Å²) in [4.78, 5) is 0.103. The zero-order valence-corrected chi connectivity index (χ0v) is 13.6. The van der Waals surface area contributed by atoms with Gasteiger partial charge in [0, 0.05) is 23.3 Å². The molecule has 0 saturated heterocycles. The zero-order chi connectivity index (χ0) is 16.4. The molecule has 1 aromatic heterocycles. The summed E-state index contributed by atoms with van der Waals surface area (Å²) >= 11 is 5.83. The summed E-state index contributed by atoms with van der Waals surface area (Å²) in [6.45, 7) is 0. The summed E-state index contributed by atoms with van der Waals surface area (Å²) in [5, 5.41) is 11.6. The maximum Gasteiger partial charge on any atom is 0.261 e. The Hall–Kier alpha value is -2.45. The quantitative estimate of drug-likeness (QED) is 0.780. The number of anilines is 1. The molecule has 7 nitrogen and oxygen atoms in total. The molecule has 2 aromatic carbocycles. The summed E-state index contributed by atoms with van der Waals surface area (Å²) in [6.07, 6.45) is 0. The number of nitrogens with zero attached hydrogens (tertiary/aromatic N) is 4. The predicted molar refractivity (Wildman–Crippen MR) is 86.5 cm³/mol. The van der Waals surface area contributed by atoms with Crippen molar-refractivity contribution in [1.29, 1.82) is 0 Å². The van der Waals surface area contributed by atoms with Gasteiger partial charge in [0.15, 0.2) is 5.82 Å². The van der Waals surface area contributed by atoms with Gasteiger partial charge in [-0.3, -0.25) is 4.72 Å². The third-order valence-electron chi connectivity index (χ3n) is 3.12. The number of benzene rings is 2. The van der Waals surface area contributed by atoms with Gasteiger partial charge in [0.2, 0.25) is 0 Å². The van der Waals surface area contributed by atoms with Crippen molar-refractivity contribution in [2.24, 2.45) is 7.05 Å². The molecule has 0 radical (unpaired) electrons. The monoisotopic (exact) mass is 349 g/mol. The minimum absolute atomic E-state index is 0.103. The lowest BCUT2D eigenvalue weighted by Crippen LogP contribution is -2.12. The van der Waals surface area contributed by atoms with Gasteiger partial charge in [-0.25, -0.2) is 13.1 Å². The van der Waals surface area contributed by atoms with Gasteiger partial charge in [-0.1, -0.05) is 17.7 Å². The third kappa shape index (κ3) is 3.33. The molecule has 0 aliphatic rings. The van der Waals surface area contributed by atoms with E-state index in [0.717, 1.165) is 5.56 Å². The molecule has 0 saturated carbocycles. The normalized spacial score (nSPS) is 11.4. The van der Waals surface area contributed by atoms with Crippen LogP contribution in [0.15, 0.2) is 53.4 Å². The number of sulfonamides is 1. The van der Waals surface area contributed by atoms with Crippen molar-refractivity contribution in [1.82, 2.24) is 20.2 Å². The number of aromatic nitrogens is 4. The van der Waals surface area contributed by atoms with E-state index in [4.69, 9.17) is 11.6 Å². The van der Waals surface area contributed by atoms with Crippen molar-refractivity contribution in [3.8, 4) is 11.4 Å². The van der Waals surface area contributed by atoms with Crippen LogP contribution in [0.2, 0.25) is 5.02 Å². The first-order chi connectivity index (χ1) is 11.0. The molecular formula is C14H12ClN5O2S. The van der Waals surface area contributed by atoms with E-state index in [1.54, 1.807) is 43.4 Å². The maximum atomic E-state index is 12.3. The summed E-state index contributed by atoms with van der Waals surface area (Å²) in [5.74, 6) is 0.592. The van der Waals surface area contributed by atoms with E-state index in [1.807, 2.05) is 0 Å². The number of rotatable bonds is 4. The van der Waals surface area contributed by atoms with Crippen LogP contribution in [-0.4, -0.2) is 28.6 Å². The van der Waals surface area contributed by atoms with Crippen LogP contribution in [0.1, 0.15) is 0 Å². The highest BCUT2D eigenvalue weighted by molar-refractivity contribution is 7.92. The Kier molecular flexibility index (Phi) is 4.01. The maximum absolute atomic E-state index is 12.3. The molecular weight excluding hydrogens is 338 g/mol. The SMILES string of the molecule is Cn1nnnc1-c1ccc(NS(=O)(=O)c2cccc(Cl)c2)cc1. The number of halogens is 1. The van der Waals surface area contributed by atoms with Gasteiger partial charge in [-0.2, -0.15) is 0 Å². The molecule has 0 unspecified atom stereocenters. The molecule has 3 rings (SSSR count). The highest BCUT2D eigenvalue weighted by Gasteiger charge is 2.14. The van der Waals surface area contributed by atoms with Crippen molar-refractivity contribution < 1.29 is 8.42 Å². The minimum Gasteiger partial charge on any atom is -0.280 e. The first-order valence-electron chi connectivity index (χ1n) is 6.57. The fourth-order valence-corrected chi connectivity index (χ4v) is 3.37. The number of aryl methyl sites for hydroxylation is 1. The smallest absolute Gasteiger partial charge is 0.261 e. The lowest BCUT2D eigenvalue weighted by Gasteiger charge is -2.09. The Morgan fingerprint density at radius 2 is 1.87 bits per heavy atom. The molecule has 1 N–H and O–H groups in total. The standard InChI is InChI=1S/C14H12ClN5O2S/c1-20-14(16-18-19-20)10-5-7-12(8-6-10)17-23(21,22)13-4-2-3-11(15)9-13/h2-9,17H,1H3. The third-order valence-corrected chi connectivity index (χ3v) is 4.74. The van der Waals surface area contributed by atoms with Gasteiger partial charge in [0.05, 0.1) is 4.90 Å². The summed E-state index contributed by atoms with van der Waals surface area (Å²) in [6, 6.07) is 12.8. The highest BCUT2D eigenvalue weighted by atomic mass is 35.5. The molecule has 0 spiro atoms. The summed E-state index contributed by atoms with van der Waals surface area (Å²) in [7, 11) is -1.96. The van der Waals surface area contributed by atoms with Gasteiger partial charge in [0.1, 0.15) is 0 Å². The van der Waals surface area contributed by atoms with Gasteiger partial charge in [-0.15, -0.1) is 5.10 Å². The van der Waals surface area contributed by atoms with Crippen molar-refractivity contribution in [2.75, 3.05) is 4.72 Å². The second-order valence-electron chi connectivity index (χ2n) is 4.77. The number of hydrogen-bond donors (Lipinski definition) is 1. The second kappa shape index (κ2) is 5.98. The fraction of sp³-hybridized carbons (Fsp3) is 0.0714. The number of nitrogens with one attached hydrogen (secondary N) is 1. The average molecular weight is 350 g/mol. The topological polar surface area (TPSA) is 89.8 Å². The van der Waals surface area contributed by atoms with E-state index in [2.05, 4.69) is 20.2 Å². The number of tetrazole rings is 1. The Labute approximate surface area is 138 Å². The first kappa shape index (κ1) is 15.4. The van der Waals surface area contributed by atoms with Gasteiger partial charge in [-0.05, 0) is 52.9 Å². The minimum atomic E-state index is -3.69. The molecule has 9 heteroatoms. The van der Waals surface area contributed by atoms with Crippen LogP contribution in [-0.2, 0) is 17.1 Å². The molecule has 0 fully saturated rings. The van der Waals surface area contributed by atoms with E-state index in [0.29, 0.717) is 16.5 Å². The summed E-state index contributed by atoms with van der Waals surface area (Å²) < 4.78 is 28.7. The van der Waals surface area contributed by atoms with Gasteiger partial charge < -0.3 is 0 Å². The molecule has 3 aromatic rings. The van der Waals surface area contributed by atoms with E-state index in [9.17, 15) is 8.42 Å². The molecule has 23 heavy (non-hydrogen) atoms. The fourth-order valence-electron chi connectivity index (χ4n) is 2.01. The molecule has 1 heterocycles. The number of hydrogen-bond acceptors (Lipinski definition) is 5. The van der Waals surface area contributed by atoms with Crippen LogP contribution in [0.25, 0.3) is 11.4 Å². The second-order valence-corrected chi connectivity index (χ2v) is 6.89. The average Bonchev–Trinajstić information content (AvgIpc) is 2.94. The van der Waals surface area contributed by atoms with Crippen LogP contribution in [0.4, 0.5) is 5.69 Å². The Morgan fingerprint density at radius 3 is 2.48 bits per heavy atom. The molecule has 118 valence electrons. The molecule has 0 aliphatic carbocycles. The first-order valence-corrected chi connectivity index (χ1v) is 8.43. The lowest BCUT2D eigenvalue weighted by atomic mass is 10.2. The van der Waals surface area contributed by atoms with Crippen LogP contribution in [0, 0.1) is 0 Å². The Bertz CT molecular complexity index is 938. The van der Waals surface area contributed by atoms with Crippen LogP contribution < -0.4 is 4.72 Å². The van der Waals surface area contributed by atoms with Crippen molar-refractivity contribution in [3.05, 3.63) is 53.6 Å². The van der Waals surface area contributed by atoms with Crippen LogP contribution in [0.5, 0.6) is 0 Å². The van der Waals surface area contributed by atoms with E-state index in [1.165, 1.54) is 16.8 Å². The van der Waals surface area contributed by atoms with E-state index >= 15 is 0 Å². The van der Waals surface area contributed by atoms with Crippen molar-refractivity contribution in [2.45, 2.75) is 4.90 Å². The van der Waals surface area contributed by atoms with Crippen molar-refractivity contribution in [3.63, 3.8) is 0 Å².